The summed E-state index contributed by atoms with van der Waals surface area (Å²) in [4.78, 5) is 17.8. The molecular weight excluding hydrogens is 192 g/mol. The number of hydrogen-bond acceptors (Lipinski definition) is 3. The minimum atomic E-state index is -5.08. The van der Waals surface area contributed by atoms with Crippen LogP contribution in [0.1, 0.15) is 6.92 Å². The molecule has 0 aliphatic carbocycles. The first kappa shape index (κ1) is 17.7. The van der Waals surface area contributed by atoms with E-state index in [1.54, 1.807) is 0 Å². The predicted molar refractivity (Wildman–Crippen MR) is 24.4 cm³/mol. The van der Waals surface area contributed by atoms with Crippen molar-refractivity contribution in [3.05, 3.63) is 0 Å². The van der Waals surface area contributed by atoms with E-state index in [9.17, 15) is 13.2 Å². The van der Waals surface area contributed by atoms with Crippen LogP contribution in [0.25, 0.3) is 0 Å². The van der Waals surface area contributed by atoms with Gasteiger partial charge in [0.2, 0.25) is 0 Å². The van der Waals surface area contributed by atoms with Crippen molar-refractivity contribution in [1.29, 1.82) is 0 Å². The van der Waals surface area contributed by atoms with E-state index in [0.717, 1.165) is 6.92 Å². The van der Waals surface area contributed by atoms with Gasteiger partial charge in [-0.2, -0.15) is 13.2 Å². The maximum Gasteiger partial charge on any atom is 1.00 e. The number of carbonyl (C=O) groups is 2. The van der Waals surface area contributed by atoms with Gasteiger partial charge in [0, 0.05) is 5.97 Å². The summed E-state index contributed by atoms with van der Waals surface area (Å²) in [7, 11) is 0. The maximum absolute atomic E-state index is 10.6. The first-order chi connectivity index (χ1) is 4.68. The molecule has 4 nitrogen and oxygen atoms in total. The predicted octanol–water partition coefficient (Wildman–Crippen LogP) is -3.61. The van der Waals surface area contributed by atoms with Gasteiger partial charge in [-0.15, -0.1) is 0 Å². The molecule has 0 fully saturated rings. The van der Waals surface area contributed by atoms with Crippen molar-refractivity contribution in [1.82, 2.24) is 0 Å². The Bertz CT molecular complexity index is 151. The molecule has 0 aromatic rings. The number of carboxylic acids is 2. The minimum Gasteiger partial charge on any atom is -0.550 e. The van der Waals surface area contributed by atoms with E-state index in [-0.39, 0.29) is 29.6 Å². The second kappa shape index (κ2) is 7.38. The van der Waals surface area contributed by atoms with Crippen LogP contribution in [0.5, 0.6) is 0 Å². The van der Waals surface area contributed by atoms with Crippen molar-refractivity contribution in [2.24, 2.45) is 0 Å². The molecule has 0 unspecified atom stereocenters. The van der Waals surface area contributed by atoms with Crippen molar-refractivity contribution in [2.75, 3.05) is 0 Å². The standard InChI is InChI=1S/C2HF3O2.C2H4O2.Na/c3-2(4,5)1(6)7;1-2(3)4;/h(H,6,7);1H3,(H,3,4);/q;;+1/p-1. The number of halogens is 3. The topological polar surface area (TPSA) is 77.4 Å². The molecule has 0 saturated heterocycles. The molecule has 1 N–H and O–H groups in total. The monoisotopic (exact) mass is 196 g/mol. The molecule has 0 aromatic heterocycles. The van der Waals surface area contributed by atoms with Gasteiger partial charge in [0.1, 0.15) is 0 Å². The van der Waals surface area contributed by atoms with Crippen LogP contribution in [-0.2, 0) is 9.59 Å². The molecule has 0 heterocycles. The Morgan fingerprint density at radius 2 is 1.42 bits per heavy atom. The molecule has 0 spiro atoms. The minimum absolute atomic E-state index is 0. The summed E-state index contributed by atoms with van der Waals surface area (Å²) in [6.07, 6.45) is -5.08. The first-order valence-electron chi connectivity index (χ1n) is 2.15. The molecule has 66 valence electrons. The Hall–Kier alpha value is -0.270. The van der Waals surface area contributed by atoms with E-state index in [2.05, 4.69) is 0 Å². The van der Waals surface area contributed by atoms with Gasteiger partial charge < -0.3 is 15.0 Å². The van der Waals surface area contributed by atoms with E-state index < -0.39 is 18.1 Å². The Balaban J connectivity index is -0.000000142. The third kappa shape index (κ3) is 22.6. The second-order valence-corrected chi connectivity index (χ2v) is 1.29. The Morgan fingerprint density at radius 3 is 1.42 bits per heavy atom. The van der Waals surface area contributed by atoms with Crippen LogP contribution in [0.3, 0.4) is 0 Å². The van der Waals surface area contributed by atoms with Gasteiger partial charge in [0.25, 0.3) is 0 Å². The normalized spacial score (nSPS) is 8.67. The van der Waals surface area contributed by atoms with Crippen LogP contribution < -0.4 is 34.7 Å². The van der Waals surface area contributed by atoms with Crippen molar-refractivity contribution < 1.29 is 62.5 Å². The van der Waals surface area contributed by atoms with Crippen molar-refractivity contribution in [3.8, 4) is 0 Å². The van der Waals surface area contributed by atoms with Crippen LogP contribution in [0.15, 0.2) is 0 Å². The van der Waals surface area contributed by atoms with Gasteiger partial charge in [-0.05, 0) is 6.92 Å². The van der Waals surface area contributed by atoms with Crippen LogP contribution in [0.4, 0.5) is 13.2 Å². The summed E-state index contributed by atoms with van der Waals surface area (Å²) in [5.74, 6) is -3.84. The van der Waals surface area contributed by atoms with Crippen molar-refractivity contribution in [3.63, 3.8) is 0 Å². The fourth-order valence-electron chi connectivity index (χ4n) is 0. The largest absolute Gasteiger partial charge is 1.00 e. The van der Waals surface area contributed by atoms with Crippen LogP contribution in [-0.4, -0.2) is 23.2 Å². The third-order valence-corrected chi connectivity index (χ3v) is 0.243. The average Bonchev–Trinajstić information content (AvgIpc) is 1.59. The number of hydrogen-bond donors (Lipinski definition) is 1. The summed E-state index contributed by atoms with van der Waals surface area (Å²) in [6, 6.07) is 0. The molecule has 0 atom stereocenters. The Kier molecular flexibility index (Phi) is 10.9. The quantitative estimate of drug-likeness (QED) is 0.406. The molecule has 0 radical (unpaired) electrons. The van der Waals surface area contributed by atoms with Crippen LogP contribution >= 0.6 is 0 Å². The van der Waals surface area contributed by atoms with Gasteiger partial charge in [0.15, 0.2) is 0 Å². The zero-order valence-corrected chi connectivity index (χ0v) is 8.31. The number of aliphatic carboxylic acids is 2. The molecule has 0 saturated carbocycles. The molecule has 0 aliphatic rings. The van der Waals surface area contributed by atoms with Crippen LogP contribution in [0.2, 0.25) is 0 Å². The smallest absolute Gasteiger partial charge is 0.550 e. The molecule has 12 heavy (non-hydrogen) atoms. The van der Waals surface area contributed by atoms with Gasteiger partial charge in [-0.3, -0.25) is 0 Å². The Labute approximate surface area is 87.7 Å². The molecular formula is C4H4F3NaO4. The number of rotatable bonds is 0. The fourth-order valence-corrected chi connectivity index (χ4v) is 0. The fraction of sp³-hybridized carbons (Fsp3) is 0.500. The number of carboxylic acid groups (broad SMARTS) is 2. The average molecular weight is 196 g/mol. The number of carbonyl (C=O) groups excluding carboxylic acids is 1. The van der Waals surface area contributed by atoms with Gasteiger partial charge in [-0.1, -0.05) is 0 Å². The summed E-state index contributed by atoms with van der Waals surface area (Å²) >= 11 is 0. The summed E-state index contributed by atoms with van der Waals surface area (Å²) in [5, 5.41) is 16.0. The zero-order valence-electron chi connectivity index (χ0n) is 6.31. The number of alkyl halides is 3. The summed E-state index contributed by atoms with van der Waals surface area (Å²) < 4.78 is 31.7. The molecule has 0 aliphatic heterocycles. The molecule has 0 rings (SSSR count). The van der Waals surface area contributed by atoms with Crippen LogP contribution in [0, 0.1) is 0 Å². The molecule has 0 amide bonds. The van der Waals surface area contributed by atoms with E-state index in [4.69, 9.17) is 19.8 Å². The zero-order chi connectivity index (χ0) is 9.65. The van der Waals surface area contributed by atoms with E-state index in [1.165, 1.54) is 0 Å². The van der Waals surface area contributed by atoms with Gasteiger partial charge in [0.05, 0.1) is 0 Å². The maximum atomic E-state index is 10.6. The molecule has 0 aromatic carbocycles. The van der Waals surface area contributed by atoms with E-state index in [1.807, 2.05) is 0 Å². The first-order valence-corrected chi connectivity index (χ1v) is 2.15. The Morgan fingerprint density at radius 1 is 1.33 bits per heavy atom. The van der Waals surface area contributed by atoms with E-state index in [0.29, 0.717) is 0 Å². The summed E-state index contributed by atoms with van der Waals surface area (Å²) in [6.45, 7) is 0.972. The van der Waals surface area contributed by atoms with Crippen molar-refractivity contribution in [2.45, 2.75) is 13.1 Å². The van der Waals surface area contributed by atoms with E-state index >= 15 is 0 Å². The molecule has 0 bridgehead atoms. The van der Waals surface area contributed by atoms with Crippen molar-refractivity contribution >= 4 is 11.9 Å². The SMILES string of the molecule is CC(=O)[O-].O=C(O)C(F)(F)F.[Na+]. The van der Waals surface area contributed by atoms with Gasteiger partial charge in [-0.25, -0.2) is 4.79 Å². The molecule has 8 heteroatoms. The second-order valence-electron chi connectivity index (χ2n) is 1.29. The van der Waals surface area contributed by atoms with Gasteiger partial charge >= 0.3 is 41.7 Å². The summed E-state index contributed by atoms with van der Waals surface area (Å²) in [5.41, 5.74) is 0. The third-order valence-electron chi connectivity index (χ3n) is 0.243.